The molecule has 3 nitrogen and oxygen atoms in total. The van der Waals surface area contributed by atoms with Crippen molar-refractivity contribution in [2.24, 2.45) is 0 Å². The fraction of sp³-hybridized carbons (Fsp3) is 0.500. The van der Waals surface area contributed by atoms with E-state index in [1.54, 1.807) is 26.2 Å². The Bertz CT molecular complexity index is 147. The van der Waals surface area contributed by atoms with Crippen LogP contribution in [0.1, 0.15) is 6.92 Å². The Morgan fingerprint density at radius 1 is 1.50 bits per heavy atom. The number of carbonyl (C=O) groups is 1. The van der Waals surface area contributed by atoms with Gasteiger partial charge in [0.15, 0.2) is 0 Å². The van der Waals surface area contributed by atoms with E-state index in [0.29, 0.717) is 0 Å². The Kier molecular flexibility index (Phi) is 3.46. The lowest BCUT2D eigenvalue weighted by Crippen LogP contribution is -2.34. The molecule has 0 bridgehead atoms. The Hall–Kier alpha value is -1.06. The minimum atomic E-state index is -1.47. The van der Waals surface area contributed by atoms with Gasteiger partial charge in [0.05, 0.1) is 0 Å². The molecule has 10 heavy (non-hydrogen) atoms. The monoisotopic (exact) mass is 146 g/mol. The normalized spacial score (nSPS) is 10.0. The molecule has 0 aromatic rings. The van der Waals surface area contributed by atoms with Gasteiger partial charge in [0.25, 0.3) is 0 Å². The molecule has 58 valence electrons. The topological polar surface area (TPSA) is 23.6 Å². The van der Waals surface area contributed by atoms with Crippen molar-refractivity contribution in [3.63, 3.8) is 0 Å². The van der Waals surface area contributed by atoms with Gasteiger partial charge in [0, 0.05) is 20.3 Å². The Morgan fingerprint density at radius 2 is 2.00 bits per heavy atom. The summed E-state index contributed by atoms with van der Waals surface area (Å²) in [6.45, 7) is 1.78. The minimum Gasteiger partial charge on any atom is -0.292 e. The molecule has 0 aromatic carbocycles. The summed E-state index contributed by atoms with van der Waals surface area (Å²) >= 11 is 0. The predicted octanol–water partition coefficient (Wildman–Crippen LogP) is 1.39. The fourth-order valence-electron chi connectivity index (χ4n) is 0.440. The van der Waals surface area contributed by atoms with Gasteiger partial charge >= 0.3 is 6.16 Å². The maximum absolute atomic E-state index is 11.9. The molecule has 0 rings (SSSR count). The summed E-state index contributed by atoms with van der Waals surface area (Å²) in [5, 5.41) is 2.21. The SMILES string of the molecule is C/C=C\N(C)N(C)C(=O)F. The molecule has 0 atom stereocenters. The highest BCUT2D eigenvalue weighted by atomic mass is 19.1. The van der Waals surface area contributed by atoms with Gasteiger partial charge in [-0.05, 0) is 6.92 Å². The summed E-state index contributed by atoms with van der Waals surface area (Å²) in [7, 11) is 2.93. The van der Waals surface area contributed by atoms with E-state index in [4.69, 9.17) is 0 Å². The second-order valence-corrected chi connectivity index (χ2v) is 1.83. The zero-order chi connectivity index (χ0) is 8.15. The van der Waals surface area contributed by atoms with Crippen LogP contribution in [0.4, 0.5) is 9.18 Å². The largest absolute Gasteiger partial charge is 0.418 e. The van der Waals surface area contributed by atoms with Crippen molar-refractivity contribution in [2.75, 3.05) is 14.1 Å². The van der Waals surface area contributed by atoms with Crippen molar-refractivity contribution in [1.82, 2.24) is 10.0 Å². The lowest BCUT2D eigenvalue weighted by atomic mass is 10.7. The van der Waals surface area contributed by atoms with Crippen molar-refractivity contribution in [1.29, 1.82) is 0 Å². The number of hydrazine groups is 1. The number of allylic oxidation sites excluding steroid dienone is 1. The van der Waals surface area contributed by atoms with Crippen molar-refractivity contribution in [3.05, 3.63) is 12.3 Å². The molecule has 0 unspecified atom stereocenters. The zero-order valence-electron chi connectivity index (χ0n) is 6.34. The molecule has 0 saturated heterocycles. The quantitative estimate of drug-likeness (QED) is 0.334. The summed E-state index contributed by atoms with van der Waals surface area (Å²) in [6, 6.07) is 0. The Labute approximate surface area is 59.7 Å². The van der Waals surface area contributed by atoms with Crippen LogP contribution < -0.4 is 0 Å². The third-order valence-corrected chi connectivity index (χ3v) is 1.09. The van der Waals surface area contributed by atoms with Crippen LogP contribution in [0.15, 0.2) is 12.3 Å². The van der Waals surface area contributed by atoms with Gasteiger partial charge in [-0.15, -0.1) is 4.39 Å². The third kappa shape index (κ3) is 2.48. The van der Waals surface area contributed by atoms with Gasteiger partial charge in [0.1, 0.15) is 0 Å². The van der Waals surface area contributed by atoms with E-state index in [9.17, 15) is 9.18 Å². The number of carbonyl (C=O) groups excluding carboxylic acids is 1. The lowest BCUT2D eigenvalue weighted by Gasteiger charge is -2.22. The first-order valence-electron chi connectivity index (χ1n) is 2.88. The molecule has 0 spiro atoms. The molecule has 1 amide bonds. The summed E-state index contributed by atoms with van der Waals surface area (Å²) in [5.41, 5.74) is 0. The predicted molar refractivity (Wildman–Crippen MR) is 36.8 cm³/mol. The minimum absolute atomic E-state index is 0.861. The first kappa shape index (κ1) is 8.94. The van der Waals surface area contributed by atoms with Crippen molar-refractivity contribution in [2.45, 2.75) is 6.92 Å². The molecule has 0 N–H and O–H groups in total. The molecular weight excluding hydrogens is 135 g/mol. The van der Waals surface area contributed by atoms with E-state index in [-0.39, 0.29) is 0 Å². The number of amides is 1. The number of hydrogen-bond acceptors (Lipinski definition) is 2. The molecule has 0 radical (unpaired) electrons. The molecule has 0 heterocycles. The highest BCUT2D eigenvalue weighted by Gasteiger charge is 2.07. The summed E-state index contributed by atoms with van der Waals surface area (Å²) in [4.78, 5) is 10.0. The molecule has 0 aliphatic rings. The number of halogens is 1. The summed E-state index contributed by atoms with van der Waals surface area (Å²) < 4.78 is 11.9. The van der Waals surface area contributed by atoms with Crippen LogP contribution in [0.3, 0.4) is 0 Å². The van der Waals surface area contributed by atoms with Crippen LogP contribution in [-0.4, -0.2) is 30.3 Å². The van der Waals surface area contributed by atoms with Crippen molar-refractivity contribution >= 4 is 6.16 Å². The summed E-state index contributed by atoms with van der Waals surface area (Å²) in [6.07, 6.45) is 1.82. The fourth-order valence-corrected chi connectivity index (χ4v) is 0.440. The van der Waals surface area contributed by atoms with Crippen LogP contribution in [-0.2, 0) is 0 Å². The van der Waals surface area contributed by atoms with Crippen LogP contribution >= 0.6 is 0 Å². The maximum atomic E-state index is 11.9. The second-order valence-electron chi connectivity index (χ2n) is 1.83. The van der Waals surface area contributed by atoms with Gasteiger partial charge in [-0.3, -0.25) is 5.01 Å². The van der Waals surface area contributed by atoms with Gasteiger partial charge < -0.3 is 0 Å². The number of rotatable bonds is 2. The van der Waals surface area contributed by atoms with Crippen LogP contribution in [0.2, 0.25) is 0 Å². The summed E-state index contributed by atoms with van der Waals surface area (Å²) in [5.74, 6) is 0. The average molecular weight is 146 g/mol. The van der Waals surface area contributed by atoms with Gasteiger partial charge in [0.2, 0.25) is 0 Å². The van der Waals surface area contributed by atoms with E-state index >= 15 is 0 Å². The molecule has 0 fully saturated rings. The van der Waals surface area contributed by atoms with Gasteiger partial charge in [-0.1, -0.05) is 6.08 Å². The zero-order valence-corrected chi connectivity index (χ0v) is 6.34. The second kappa shape index (κ2) is 3.87. The molecule has 0 saturated carbocycles. The highest BCUT2D eigenvalue weighted by molar-refractivity contribution is 5.64. The van der Waals surface area contributed by atoms with Gasteiger partial charge in [-0.2, -0.15) is 0 Å². The first-order valence-corrected chi connectivity index (χ1v) is 2.88. The van der Waals surface area contributed by atoms with Gasteiger partial charge in [-0.25, -0.2) is 9.80 Å². The van der Waals surface area contributed by atoms with E-state index in [1.807, 2.05) is 0 Å². The van der Waals surface area contributed by atoms with Crippen molar-refractivity contribution in [3.8, 4) is 0 Å². The average Bonchev–Trinajstić information content (AvgIpc) is 1.87. The molecular formula is C6H11FN2O. The van der Waals surface area contributed by atoms with E-state index < -0.39 is 6.16 Å². The lowest BCUT2D eigenvalue weighted by molar-refractivity contribution is 0.0894. The van der Waals surface area contributed by atoms with Crippen LogP contribution in [0, 0.1) is 0 Å². The molecule has 4 heteroatoms. The van der Waals surface area contributed by atoms with Crippen LogP contribution in [0.5, 0.6) is 0 Å². The number of nitrogens with zero attached hydrogens (tertiary/aromatic N) is 2. The first-order chi connectivity index (χ1) is 4.59. The van der Waals surface area contributed by atoms with E-state index in [1.165, 1.54) is 12.1 Å². The van der Waals surface area contributed by atoms with Crippen LogP contribution in [0.25, 0.3) is 0 Å². The highest BCUT2D eigenvalue weighted by Crippen LogP contribution is 1.94. The van der Waals surface area contributed by atoms with E-state index in [0.717, 1.165) is 5.01 Å². The molecule has 0 aromatic heterocycles. The third-order valence-electron chi connectivity index (χ3n) is 1.09. The molecule has 0 aliphatic carbocycles. The Morgan fingerprint density at radius 3 is 2.30 bits per heavy atom. The standard InChI is InChI=1S/C6H11FN2O/c1-4-5-8(2)9(3)6(7)10/h4-5H,1-3H3/b5-4-. The molecule has 0 aliphatic heterocycles. The number of hydrogen-bond donors (Lipinski definition) is 0. The Balaban J connectivity index is 3.93. The van der Waals surface area contributed by atoms with Crippen molar-refractivity contribution < 1.29 is 9.18 Å². The maximum Gasteiger partial charge on any atom is 0.418 e. The smallest absolute Gasteiger partial charge is 0.292 e. The van der Waals surface area contributed by atoms with E-state index in [2.05, 4.69) is 0 Å².